The van der Waals surface area contributed by atoms with Gasteiger partial charge in [0.2, 0.25) is 11.7 Å². The van der Waals surface area contributed by atoms with Crippen LogP contribution in [0, 0.1) is 6.92 Å². The number of amides is 1. The maximum Gasteiger partial charge on any atom is 0.274 e. The van der Waals surface area contributed by atoms with Gasteiger partial charge in [0.15, 0.2) is 11.5 Å². The van der Waals surface area contributed by atoms with E-state index < -0.39 is 5.91 Å². The molecule has 8 nitrogen and oxygen atoms in total. The van der Waals surface area contributed by atoms with Gasteiger partial charge in [-0.15, -0.1) is 0 Å². The quantitative estimate of drug-likeness (QED) is 0.629. The number of ether oxygens (including phenoxy) is 3. The third-order valence-electron chi connectivity index (χ3n) is 4.12. The van der Waals surface area contributed by atoms with E-state index in [0.717, 1.165) is 11.3 Å². The fraction of sp³-hybridized carbons (Fsp3) is 0.190. The van der Waals surface area contributed by atoms with Crippen molar-refractivity contribution in [2.24, 2.45) is 0 Å². The van der Waals surface area contributed by atoms with Gasteiger partial charge in [-0.25, -0.2) is 9.97 Å². The van der Waals surface area contributed by atoms with E-state index in [1.807, 2.05) is 31.2 Å². The number of nitrogens with one attached hydrogen (secondary N) is 2. The highest BCUT2D eigenvalue weighted by atomic mass is 16.5. The number of rotatable bonds is 7. The van der Waals surface area contributed by atoms with E-state index >= 15 is 0 Å². The zero-order valence-corrected chi connectivity index (χ0v) is 16.6. The van der Waals surface area contributed by atoms with Crippen molar-refractivity contribution in [2.45, 2.75) is 6.92 Å². The summed E-state index contributed by atoms with van der Waals surface area (Å²) in [5.41, 5.74) is 2.67. The monoisotopic (exact) mass is 394 g/mol. The van der Waals surface area contributed by atoms with Crippen molar-refractivity contribution < 1.29 is 19.0 Å². The molecule has 1 heterocycles. The van der Waals surface area contributed by atoms with Crippen LogP contribution in [0.25, 0.3) is 0 Å². The predicted molar refractivity (Wildman–Crippen MR) is 111 cm³/mol. The number of anilines is 3. The first kappa shape index (κ1) is 19.9. The average molecular weight is 394 g/mol. The Kier molecular flexibility index (Phi) is 6.13. The van der Waals surface area contributed by atoms with E-state index in [0.29, 0.717) is 28.9 Å². The maximum atomic E-state index is 12.7. The van der Waals surface area contributed by atoms with Gasteiger partial charge in [0.25, 0.3) is 5.91 Å². The van der Waals surface area contributed by atoms with Gasteiger partial charge in [-0.2, -0.15) is 0 Å². The number of aromatic nitrogens is 2. The molecular weight excluding hydrogens is 372 g/mol. The van der Waals surface area contributed by atoms with Gasteiger partial charge in [-0.1, -0.05) is 17.7 Å². The summed E-state index contributed by atoms with van der Waals surface area (Å²) in [7, 11) is 4.54. The Morgan fingerprint density at radius 3 is 2.14 bits per heavy atom. The van der Waals surface area contributed by atoms with Gasteiger partial charge in [0.1, 0.15) is 5.69 Å². The summed E-state index contributed by atoms with van der Waals surface area (Å²) in [5, 5.41) is 5.87. The Morgan fingerprint density at radius 1 is 0.897 bits per heavy atom. The van der Waals surface area contributed by atoms with E-state index in [4.69, 9.17) is 14.2 Å². The molecule has 0 fully saturated rings. The zero-order valence-electron chi connectivity index (χ0n) is 16.6. The second kappa shape index (κ2) is 8.92. The smallest absolute Gasteiger partial charge is 0.274 e. The van der Waals surface area contributed by atoms with Gasteiger partial charge < -0.3 is 24.8 Å². The fourth-order valence-corrected chi connectivity index (χ4v) is 2.66. The normalized spacial score (nSPS) is 10.2. The number of hydrogen-bond acceptors (Lipinski definition) is 7. The van der Waals surface area contributed by atoms with Gasteiger partial charge in [0, 0.05) is 29.7 Å². The molecule has 0 spiro atoms. The van der Waals surface area contributed by atoms with Crippen LogP contribution in [0.3, 0.4) is 0 Å². The summed E-state index contributed by atoms with van der Waals surface area (Å²) in [4.78, 5) is 21.1. The minimum absolute atomic E-state index is 0.211. The molecule has 0 saturated carbocycles. The molecular formula is C21H22N4O4. The Hall–Kier alpha value is -3.81. The Bertz CT molecular complexity index is 981. The van der Waals surface area contributed by atoms with Gasteiger partial charge in [-0.3, -0.25) is 4.79 Å². The van der Waals surface area contributed by atoms with Crippen LogP contribution in [-0.4, -0.2) is 37.2 Å². The van der Waals surface area contributed by atoms with E-state index in [9.17, 15) is 4.79 Å². The topological polar surface area (TPSA) is 94.6 Å². The first-order valence-corrected chi connectivity index (χ1v) is 8.82. The summed E-state index contributed by atoms with van der Waals surface area (Å²) in [5.74, 6) is 1.25. The van der Waals surface area contributed by atoms with Crippen molar-refractivity contribution in [3.05, 3.63) is 59.9 Å². The van der Waals surface area contributed by atoms with Crippen molar-refractivity contribution >= 4 is 23.2 Å². The number of aryl methyl sites for hydroxylation is 1. The lowest BCUT2D eigenvalue weighted by molar-refractivity contribution is 0.102. The molecule has 1 amide bonds. The second-order valence-electron chi connectivity index (χ2n) is 6.12. The summed E-state index contributed by atoms with van der Waals surface area (Å²) in [6, 6.07) is 12.6. The van der Waals surface area contributed by atoms with Gasteiger partial charge >= 0.3 is 0 Å². The van der Waals surface area contributed by atoms with Crippen LogP contribution >= 0.6 is 0 Å². The first-order chi connectivity index (χ1) is 14.0. The number of benzene rings is 2. The molecule has 0 aliphatic carbocycles. The van der Waals surface area contributed by atoms with E-state index in [-0.39, 0.29) is 5.69 Å². The van der Waals surface area contributed by atoms with Crippen LogP contribution in [0.5, 0.6) is 17.2 Å². The van der Waals surface area contributed by atoms with Crippen LogP contribution in [0.1, 0.15) is 16.1 Å². The minimum atomic E-state index is -0.395. The molecule has 0 atom stereocenters. The number of carbonyl (C=O) groups excluding carboxylic acids is 1. The molecule has 8 heteroatoms. The molecule has 0 saturated heterocycles. The third-order valence-corrected chi connectivity index (χ3v) is 4.12. The van der Waals surface area contributed by atoms with Crippen LogP contribution in [0.15, 0.2) is 48.7 Å². The van der Waals surface area contributed by atoms with E-state index in [1.165, 1.54) is 33.6 Å². The van der Waals surface area contributed by atoms with Crippen LogP contribution in [-0.2, 0) is 0 Å². The predicted octanol–water partition coefficient (Wildman–Crippen LogP) is 3.81. The Morgan fingerprint density at radius 2 is 1.55 bits per heavy atom. The van der Waals surface area contributed by atoms with E-state index in [1.54, 1.807) is 12.1 Å². The molecule has 0 aliphatic heterocycles. The molecule has 0 bridgehead atoms. The Balaban J connectivity index is 1.80. The van der Waals surface area contributed by atoms with Crippen LogP contribution in [0.4, 0.5) is 17.3 Å². The molecule has 2 aromatic carbocycles. The Labute approximate surface area is 168 Å². The largest absolute Gasteiger partial charge is 0.493 e. The standard InChI is InChI=1S/C21H22N4O4/c1-13-5-7-14(8-6-13)24-21-22-10-9-16(25-21)20(26)23-15-11-17(27-2)19(29-4)18(12-15)28-3/h5-12H,1-4H3,(H,23,26)(H,22,24,25). The highest BCUT2D eigenvalue weighted by Gasteiger charge is 2.16. The van der Waals surface area contributed by atoms with Crippen molar-refractivity contribution in [1.29, 1.82) is 0 Å². The number of methoxy groups -OCH3 is 3. The maximum absolute atomic E-state index is 12.7. The molecule has 0 aliphatic rings. The molecule has 0 unspecified atom stereocenters. The molecule has 150 valence electrons. The van der Waals surface area contributed by atoms with Crippen molar-refractivity contribution in [2.75, 3.05) is 32.0 Å². The van der Waals surface area contributed by atoms with Gasteiger partial charge in [-0.05, 0) is 25.1 Å². The molecule has 29 heavy (non-hydrogen) atoms. The molecule has 1 aromatic heterocycles. The van der Waals surface area contributed by atoms with Crippen molar-refractivity contribution in [3.8, 4) is 17.2 Å². The minimum Gasteiger partial charge on any atom is -0.493 e. The lowest BCUT2D eigenvalue weighted by Gasteiger charge is -2.14. The van der Waals surface area contributed by atoms with Crippen molar-refractivity contribution in [1.82, 2.24) is 9.97 Å². The third kappa shape index (κ3) is 4.73. The first-order valence-electron chi connectivity index (χ1n) is 8.82. The lowest BCUT2D eigenvalue weighted by atomic mass is 10.2. The van der Waals surface area contributed by atoms with Gasteiger partial charge in [0.05, 0.1) is 21.3 Å². The zero-order chi connectivity index (χ0) is 20.8. The summed E-state index contributed by atoms with van der Waals surface area (Å²) < 4.78 is 15.9. The molecule has 3 aromatic rings. The fourth-order valence-electron chi connectivity index (χ4n) is 2.66. The van der Waals surface area contributed by atoms with Crippen molar-refractivity contribution in [3.63, 3.8) is 0 Å². The average Bonchev–Trinajstić information content (AvgIpc) is 2.74. The summed E-state index contributed by atoms with van der Waals surface area (Å²) in [6.07, 6.45) is 1.52. The van der Waals surface area contributed by atoms with E-state index in [2.05, 4.69) is 20.6 Å². The SMILES string of the molecule is COc1cc(NC(=O)c2ccnc(Nc3ccc(C)cc3)n2)cc(OC)c1OC. The molecule has 0 radical (unpaired) electrons. The highest BCUT2D eigenvalue weighted by Crippen LogP contribution is 2.40. The number of nitrogens with zero attached hydrogens (tertiary/aromatic N) is 2. The summed E-state index contributed by atoms with van der Waals surface area (Å²) in [6.45, 7) is 2.01. The number of carbonyl (C=O) groups is 1. The molecule has 3 rings (SSSR count). The second-order valence-corrected chi connectivity index (χ2v) is 6.12. The van der Waals surface area contributed by atoms with Crippen LogP contribution < -0.4 is 24.8 Å². The highest BCUT2D eigenvalue weighted by molar-refractivity contribution is 6.03. The number of hydrogen-bond donors (Lipinski definition) is 2. The summed E-state index contributed by atoms with van der Waals surface area (Å²) >= 11 is 0. The molecule has 2 N–H and O–H groups in total. The van der Waals surface area contributed by atoms with Crippen LogP contribution in [0.2, 0.25) is 0 Å². The lowest BCUT2D eigenvalue weighted by Crippen LogP contribution is -2.15.